The zero-order chi connectivity index (χ0) is 28.1. The van der Waals surface area contributed by atoms with Gasteiger partial charge in [0.1, 0.15) is 17.2 Å². The van der Waals surface area contributed by atoms with Crippen molar-refractivity contribution >= 4 is 0 Å². The van der Waals surface area contributed by atoms with Gasteiger partial charge in [-0.25, -0.2) is 0 Å². The Balaban J connectivity index is 2.38. The summed E-state index contributed by atoms with van der Waals surface area (Å²) in [5.41, 5.74) is 0. The zero-order valence-corrected chi connectivity index (χ0v) is 26.5. The van der Waals surface area contributed by atoms with Crippen LogP contribution in [0.1, 0.15) is 175 Å². The summed E-state index contributed by atoms with van der Waals surface area (Å²) in [7, 11) is 0. The van der Waals surface area contributed by atoms with Gasteiger partial charge in [-0.1, -0.05) is 156 Å². The maximum Gasteiger partial charge on any atom is 0.126 e. The molecule has 0 aromatic heterocycles. The van der Waals surface area contributed by atoms with Crippen LogP contribution in [-0.4, -0.2) is 19.8 Å². The second kappa shape index (κ2) is 28.2. The Bertz CT molecular complexity index is 532. The van der Waals surface area contributed by atoms with Crippen LogP contribution >= 0.6 is 0 Å². The maximum atomic E-state index is 6.16. The minimum atomic E-state index is 0.772. The molecule has 0 spiro atoms. The molecule has 0 amide bonds. The van der Waals surface area contributed by atoms with E-state index in [0.717, 1.165) is 56.3 Å². The van der Waals surface area contributed by atoms with Gasteiger partial charge >= 0.3 is 0 Å². The molecule has 0 unspecified atom stereocenters. The normalized spacial score (nSPS) is 11.2. The first-order chi connectivity index (χ1) is 19.3. The number of unbranched alkanes of at least 4 members (excludes halogenated alkanes) is 21. The Morgan fingerprint density at radius 3 is 0.744 bits per heavy atom. The van der Waals surface area contributed by atoms with Crippen LogP contribution in [0.5, 0.6) is 17.2 Å². The molecule has 0 N–H and O–H groups in total. The summed E-state index contributed by atoms with van der Waals surface area (Å²) in [6, 6.07) is 6.16. The molecule has 39 heavy (non-hydrogen) atoms. The van der Waals surface area contributed by atoms with Gasteiger partial charge in [0.2, 0.25) is 0 Å². The average molecular weight is 547 g/mol. The van der Waals surface area contributed by atoms with E-state index in [4.69, 9.17) is 14.2 Å². The third-order valence-corrected chi connectivity index (χ3v) is 7.65. The standard InChI is InChI=1S/C36H66O3/c1-4-7-10-13-16-19-22-25-28-37-34-31-35(38-29-26-23-20-17-14-11-8-5-2)33-36(32-34)39-30-27-24-21-18-15-12-9-6-3/h31-33H,4-30H2,1-3H3. The van der Waals surface area contributed by atoms with Crippen LogP contribution < -0.4 is 14.2 Å². The molecule has 1 aromatic carbocycles. The molecule has 0 saturated heterocycles. The lowest BCUT2D eigenvalue weighted by atomic mass is 10.1. The van der Waals surface area contributed by atoms with Gasteiger partial charge in [-0.05, 0) is 19.3 Å². The van der Waals surface area contributed by atoms with Crippen LogP contribution in [0, 0.1) is 0 Å². The van der Waals surface area contributed by atoms with E-state index in [2.05, 4.69) is 39.0 Å². The summed E-state index contributed by atoms with van der Waals surface area (Å²) < 4.78 is 18.5. The minimum absolute atomic E-state index is 0.772. The van der Waals surface area contributed by atoms with Crippen LogP contribution in [0.15, 0.2) is 18.2 Å². The van der Waals surface area contributed by atoms with E-state index in [1.54, 1.807) is 0 Å². The van der Waals surface area contributed by atoms with Crippen LogP contribution in [0.4, 0.5) is 0 Å². The summed E-state index contributed by atoms with van der Waals surface area (Å²) >= 11 is 0. The highest BCUT2D eigenvalue weighted by atomic mass is 16.5. The Hall–Kier alpha value is -1.38. The molecule has 3 heteroatoms. The zero-order valence-electron chi connectivity index (χ0n) is 26.5. The first kappa shape index (κ1) is 35.6. The first-order valence-electron chi connectivity index (χ1n) is 17.3. The molecule has 228 valence electrons. The van der Waals surface area contributed by atoms with E-state index >= 15 is 0 Å². The van der Waals surface area contributed by atoms with E-state index in [9.17, 15) is 0 Å². The lowest BCUT2D eigenvalue weighted by Gasteiger charge is -2.13. The van der Waals surface area contributed by atoms with E-state index in [1.165, 1.54) is 135 Å². The molecule has 0 heterocycles. The van der Waals surface area contributed by atoms with Gasteiger partial charge in [-0.15, -0.1) is 0 Å². The molecule has 0 aliphatic rings. The Morgan fingerprint density at radius 2 is 0.513 bits per heavy atom. The molecule has 0 radical (unpaired) electrons. The molecule has 0 aliphatic carbocycles. The van der Waals surface area contributed by atoms with Crippen LogP contribution in [0.25, 0.3) is 0 Å². The fourth-order valence-corrected chi connectivity index (χ4v) is 5.07. The minimum Gasteiger partial charge on any atom is -0.493 e. The largest absolute Gasteiger partial charge is 0.493 e. The van der Waals surface area contributed by atoms with Gasteiger partial charge in [0.15, 0.2) is 0 Å². The van der Waals surface area contributed by atoms with Crippen LogP contribution in [0.3, 0.4) is 0 Å². The van der Waals surface area contributed by atoms with Crippen LogP contribution in [-0.2, 0) is 0 Å². The van der Waals surface area contributed by atoms with E-state index in [1.807, 2.05) is 0 Å². The summed E-state index contributed by atoms with van der Waals surface area (Å²) in [6.45, 7) is 9.15. The SMILES string of the molecule is CCCCCCCCCCOc1cc(OCCCCCCCCCC)cc(OCCCCCCCCCC)c1. The summed E-state index contributed by atoms with van der Waals surface area (Å²) in [4.78, 5) is 0. The molecule has 1 rings (SSSR count). The lowest BCUT2D eigenvalue weighted by molar-refractivity contribution is 0.275. The van der Waals surface area contributed by atoms with Gasteiger partial charge in [-0.2, -0.15) is 0 Å². The average Bonchev–Trinajstić information content (AvgIpc) is 2.94. The predicted molar refractivity (Wildman–Crippen MR) is 171 cm³/mol. The predicted octanol–water partition coefficient (Wildman–Crippen LogP) is 12.2. The Labute approximate surface area is 244 Å². The van der Waals surface area contributed by atoms with Gasteiger partial charge < -0.3 is 14.2 Å². The quantitative estimate of drug-likeness (QED) is 0.0898. The fraction of sp³-hybridized carbons (Fsp3) is 0.833. The first-order valence-corrected chi connectivity index (χ1v) is 17.3. The van der Waals surface area contributed by atoms with Crippen molar-refractivity contribution < 1.29 is 14.2 Å². The highest BCUT2D eigenvalue weighted by molar-refractivity contribution is 5.42. The molecular formula is C36H66O3. The van der Waals surface area contributed by atoms with E-state index in [-0.39, 0.29) is 0 Å². The number of rotatable bonds is 30. The number of ether oxygens (including phenoxy) is 3. The topological polar surface area (TPSA) is 27.7 Å². The number of benzene rings is 1. The molecule has 0 fully saturated rings. The van der Waals surface area contributed by atoms with Crippen molar-refractivity contribution in [1.82, 2.24) is 0 Å². The van der Waals surface area contributed by atoms with E-state index in [0.29, 0.717) is 0 Å². The molecule has 1 aromatic rings. The smallest absolute Gasteiger partial charge is 0.126 e. The highest BCUT2D eigenvalue weighted by Gasteiger charge is 2.06. The van der Waals surface area contributed by atoms with Crippen molar-refractivity contribution in [2.24, 2.45) is 0 Å². The van der Waals surface area contributed by atoms with Gasteiger partial charge in [0.05, 0.1) is 19.8 Å². The van der Waals surface area contributed by atoms with Crippen molar-refractivity contribution in [3.63, 3.8) is 0 Å². The number of hydrogen-bond acceptors (Lipinski definition) is 3. The van der Waals surface area contributed by atoms with Gasteiger partial charge in [0.25, 0.3) is 0 Å². The Morgan fingerprint density at radius 1 is 0.308 bits per heavy atom. The number of hydrogen-bond donors (Lipinski definition) is 0. The van der Waals surface area contributed by atoms with Crippen molar-refractivity contribution in [3.8, 4) is 17.2 Å². The summed E-state index contributed by atoms with van der Waals surface area (Å²) in [5, 5.41) is 0. The second-order valence-electron chi connectivity index (χ2n) is 11.6. The van der Waals surface area contributed by atoms with Crippen molar-refractivity contribution in [2.45, 2.75) is 175 Å². The molecule has 0 atom stereocenters. The monoisotopic (exact) mass is 547 g/mol. The lowest BCUT2D eigenvalue weighted by Crippen LogP contribution is -2.02. The maximum absolute atomic E-state index is 6.16. The molecule has 0 bridgehead atoms. The second-order valence-corrected chi connectivity index (χ2v) is 11.6. The van der Waals surface area contributed by atoms with Crippen LogP contribution in [0.2, 0.25) is 0 Å². The third kappa shape index (κ3) is 23.1. The molecular weight excluding hydrogens is 480 g/mol. The van der Waals surface area contributed by atoms with E-state index < -0.39 is 0 Å². The molecule has 0 aliphatic heterocycles. The van der Waals surface area contributed by atoms with Gasteiger partial charge in [-0.3, -0.25) is 0 Å². The van der Waals surface area contributed by atoms with Crippen molar-refractivity contribution in [1.29, 1.82) is 0 Å². The Kier molecular flexibility index (Phi) is 25.7. The van der Waals surface area contributed by atoms with Crippen molar-refractivity contribution in [2.75, 3.05) is 19.8 Å². The summed E-state index contributed by atoms with van der Waals surface area (Å²) in [5.74, 6) is 2.66. The van der Waals surface area contributed by atoms with Crippen molar-refractivity contribution in [3.05, 3.63) is 18.2 Å². The van der Waals surface area contributed by atoms with Gasteiger partial charge in [0, 0.05) is 18.2 Å². The highest BCUT2D eigenvalue weighted by Crippen LogP contribution is 2.29. The molecule has 0 saturated carbocycles. The summed E-state index contributed by atoms with van der Waals surface area (Å²) in [6.07, 6.45) is 31.6. The molecule has 3 nitrogen and oxygen atoms in total. The third-order valence-electron chi connectivity index (χ3n) is 7.65. The fourth-order valence-electron chi connectivity index (χ4n) is 5.07.